The van der Waals surface area contributed by atoms with Crippen molar-refractivity contribution in [1.29, 1.82) is 0 Å². The predicted molar refractivity (Wildman–Crippen MR) is 113 cm³/mol. The number of carbonyl (C=O) groups is 1. The maximum absolute atomic E-state index is 13.1. The van der Waals surface area contributed by atoms with Crippen molar-refractivity contribution in [2.75, 3.05) is 26.2 Å². The van der Waals surface area contributed by atoms with Crippen LogP contribution in [0.1, 0.15) is 21.5 Å². The molecule has 2 aromatic carbocycles. The number of carbonyl (C=O) groups excluding carboxylic acids is 1. The second-order valence-electron chi connectivity index (χ2n) is 7.20. The zero-order valence-electron chi connectivity index (χ0n) is 16.4. The summed E-state index contributed by atoms with van der Waals surface area (Å²) in [6.45, 7) is 4.45. The molecule has 0 N–H and O–H groups in total. The minimum absolute atomic E-state index is 0.0367. The number of amides is 1. The number of piperazine rings is 1. The van der Waals surface area contributed by atoms with Gasteiger partial charge in [-0.3, -0.25) is 14.7 Å². The summed E-state index contributed by atoms with van der Waals surface area (Å²) in [5, 5.41) is 0. The molecule has 148 valence electrons. The Morgan fingerprint density at radius 1 is 0.862 bits per heavy atom. The lowest BCUT2D eigenvalue weighted by molar-refractivity contribution is 0.0624. The van der Waals surface area contributed by atoms with Crippen molar-refractivity contribution in [1.82, 2.24) is 14.8 Å². The molecular weight excluding hydrogens is 362 g/mol. The van der Waals surface area contributed by atoms with E-state index in [1.807, 2.05) is 71.8 Å². The molecule has 3 aromatic rings. The highest BCUT2D eigenvalue weighted by molar-refractivity contribution is 5.97. The topological polar surface area (TPSA) is 45.7 Å². The fourth-order valence-electron chi connectivity index (χ4n) is 3.53. The van der Waals surface area contributed by atoms with Crippen molar-refractivity contribution < 1.29 is 9.53 Å². The summed E-state index contributed by atoms with van der Waals surface area (Å²) in [7, 11) is 0. The van der Waals surface area contributed by atoms with Gasteiger partial charge in [0.2, 0.25) is 0 Å². The first-order chi connectivity index (χ1) is 14.3. The highest BCUT2D eigenvalue weighted by Crippen LogP contribution is 2.22. The van der Waals surface area contributed by atoms with Gasteiger partial charge in [-0.25, -0.2) is 0 Å². The van der Waals surface area contributed by atoms with E-state index in [0.717, 1.165) is 25.2 Å². The SMILES string of the molecule is O=C(c1ccccc1OCc1ccccc1)N1CCN(Cc2cccnc2)CC1. The third-order valence-electron chi connectivity index (χ3n) is 5.14. The second kappa shape index (κ2) is 9.34. The van der Waals surface area contributed by atoms with Gasteiger partial charge in [0.15, 0.2) is 0 Å². The lowest BCUT2D eigenvalue weighted by Gasteiger charge is -2.35. The van der Waals surface area contributed by atoms with Crippen LogP contribution in [0.15, 0.2) is 79.1 Å². The molecule has 0 saturated carbocycles. The lowest BCUT2D eigenvalue weighted by atomic mass is 10.1. The molecule has 1 amide bonds. The molecule has 4 rings (SSSR count). The standard InChI is InChI=1S/C24H25N3O2/c28-24(27-15-13-26(14-16-27)18-21-9-6-12-25-17-21)22-10-4-5-11-23(22)29-19-20-7-2-1-3-8-20/h1-12,17H,13-16,18-19H2. The van der Waals surface area contributed by atoms with Gasteiger partial charge in [-0.2, -0.15) is 0 Å². The number of hydrogen-bond donors (Lipinski definition) is 0. The Kier molecular flexibility index (Phi) is 6.17. The Morgan fingerprint density at radius 3 is 2.34 bits per heavy atom. The number of ether oxygens (including phenoxy) is 1. The van der Waals surface area contributed by atoms with Crippen LogP contribution in [-0.4, -0.2) is 46.9 Å². The number of aromatic nitrogens is 1. The quantitative estimate of drug-likeness (QED) is 0.648. The van der Waals surface area contributed by atoms with E-state index in [4.69, 9.17) is 4.74 Å². The maximum atomic E-state index is 13.1. The molecule has 0 bridgehead atoms. The van der Waals surface area contributed by atoms with Crippen molar-refractivity contribution in [2.45, 2.75) is 13.2 Å². The van der Waals surface area contributed by atoms with E-state index in [1.54, 1.807) is 6.20 Å². The van der Waals surface area contributed by atoms with Crippen LogP contribution < -0.4 is 4.74 Å². The highest BCUT2D eigenvalue weighted by Gasteiger charge is 2.24. The van der Waals surface area contributed by atoms with Crippen LogP contribution in [-0.2, 0) is 13.2 Å². The van der Waals surface area contributed by atoms with Gasteiger partial charge in [0.1, 0.15) is 12.4 Å². The molecule has 29 heavy (non-hydrogen) atoms. The van der Waals surface area contributed by atoms with Crippen molar-refractivity contribution >= 4 is 5.91 Å². The fourth-order valence-corrected chi connectivity index (χ4v) is 3.53. The van der Waals surface area contributed by atoms with Gasteiger partial charge < -0.3 is 9.64 Å². The van der Waals surface area contributed by atoms with E-state index in [1.165, 1.54) is 5.56 Å². The van der Waals surface area contributed by atoms with E-state index in [2.05, 4.69) is 16.0 Å². The summed E-state index contributed by atoms with van der Waals surface area (Å²) >= 11 is 0. The minimum Gasteiger partial charge on any atom is -0.488 e. The zero-order valence-corrected chi connectivity index (χ0v) is 16.4. The van der Waals surface area contributed by atoms with E-state index < -0.39 is 0 Å². The summed E-state index contributed by atoms with van der Waals surface area (Å²) in [4.78, 5) is 21.6. The van der Waals surface area contributed by atoms with Crippen LogP contribution >= 0.6 is 0 Å². The normalized spacial score (nSPS) is 14.6. The van der Waals surface area contributed by atoms with Gasteiger partial charge in [0.25, 0.3) is 5.91 Å². The van der Waals surface area contributed by atoms with Crippen molar-refractivity contribution in [3.05, 3.63) is 95.8 Å². The molecule has 5 nitrogen and oxygen atoms in total. The zero-order chi connectivity index (χ0) is 19.9. The smallest absolute Gasteiger partial charge is 0.257 e. The molecule has 0 aliphatic carbocycles. The van der Waals surface area contributed by atoms with Crippen LogP contribution in [0, 0.1) is 0 Å². The largest absolute Gasteiger partial charge is 0.488 e. The number of rotatable bonds is 6. The van der Waals surface area contributed by atoms with E-state index >= 15 is 0 Å². The van der Waals surface area contributed by atoms with E-state index in [9.17, 15) is 4.79 Å². The van der Waals surface area contributed by atoms with Crippen molar-refractivity contribution in [2.24, 2.45) is 0 Å². The van der Waals surface area contributed by atoms with Crippen molar-refractivity contribution in [3.63, 3.8) is 0 Å². The molecule has 1 aromatic heterocycles. The number of pyridine rings is 1. The summed E-state index contributed by atoms with van der Waals surface area (Å²) in [5.41, 5.74) is 2.91. The first-order valence-electron chi connectivity index (χ1n) is 9.96. The average molecular weight is 387 g/mol. The Bertz CT molecular complexity index is 923. The Morgan fingerprint density at radius 2 is 1.59 bits per heavy atom. The van der Waals surface area contributed by atoms with Gasteiger partial charge in [-0.05, 0) is 29.3 Å². The molecule has 5 heteroatoms. The molecule has 1 aliphatic heterocycles. The molecule has 1 saturated heterocycles. The molecule has 0 radical (unpaired) electrons. The number of nitrogens with zero attached hydrogens (tertiary/aromatic N) is 3. The van der Waals surface area contributed by atoms with Crippen LogP contribution in [0.4, 0.5) is 0 Å². The minimum atomic E-state index is 0.0367. The third-order valence-corrected chi connectivity index (χ3v) is 5.14. The van der Waals surface area contributed by atoms with Crippen LogP contribution in [0.5, 0.6) is 5.75 Å². The van der Waals surface area contributed by atoms with Crippen LogP contribution in [0.3, 0.4) is 0 Å². The summed E-state index contributed by atoms with van der Waals surface area (Å²) in [6.07, 6.45) is 3.69. The number of para-hydroxylation sites is 1. The van der Waals surface area contributed by atoms with Crippen LogP contribution in [0.25, 0.3) is 0 Å². The maximum Gasteiger partial charge on any atom is 0.257 e. The molecule has 1 fully saturated rings. The lowest BCUT2D eigenvalue weighted by Crippen LogP contribution is -2.48. The predicted octanol–water partition coefficient (Wildman–Crippen LogP) is 3.62. The second-order valence-corrected chi connectivity index (χ2v) is 7.20. The summed E-state index contributed by atoms with van der Waals surface area (Å²) in [5.74, 6) is 0.675. The van der Waals surface area contributed by atoms with Gasteiger partial charge in [0.05, 0.1) is 5.56 Å². The number of hydrogen-bond acceptors (Lipinski definition) is 4. The fraction of sp³-hybridized carbons (Fsp3) is 0.250. The Labute approximate surface area is 171 Å². The molecule has 2 heterocycles. The summed E-state index contributed by atoms with van der Waals surface area (Å²) < 4.78 is 5.97. The van der Waals surface area contributed by atoms with Gasteiger partial charge >= 0.3 is 0 Å². The first-order valence-corrected chi connectivity index (χ1v) is 9.96. The Balaban J connectivity index is 1.36. The van der Waals surface area contributed by atoms with Gasteiger partial charge in [-0.15, -0.1) is 0 Å². The van der Waals surface area contributed by atoms with Crippen LogP contribution in [0.2, 0.25) is 0 Å². The number of benzene rings is 2. The first kappa shape index (κ1) is 19.2. The highest BCUT2D eigenvalue weighted by atomic mass is 16.5. The molecule has 0 spiro atoms. The van der Waals surface area contributed by atoms with E-state index in [0.29, 0.717) is 31.0 Å². The molecular formula is C24H25N3O2. The van der Waals surface area contributed by atoms with E-state index in [-0.39, 0.29) is 5.91 Å². The van der Waals surface area contributed by atoms with Crippen molar-refractivity contribution in [3.8, 4) is 5.75 Å². The average Bonchev–Trinajstić information content (AvgIpc) is 2.79. The monoisotopic (exact) mass is 387 g/mol. The van der Waals surface area contributed by atoms with Gasteiger partial charge in [-0.1, -0.05) is 48.5 Å². The Hall–Kier alpha value is -3.18. The molecule has 1 aliphatic rings. The molecule has 0 atom stereocenters. The molecule has 0 unspecified atom stereocenters. The van der Waals surface area contributed by atoms with Gasteiger partial charge in [0, 0.05) is 45.1 Å². The summed E-state index contributed by atoms with van der Waals surface area (Å²) in [6, 6.07) is 21.6. The third kappa shape index (κ3) is 5.00.